The molecule has 0 fully saturated rings. The first-order chi connectivity index (χ1) is 9.02. The molecule has 0 aliphatic heterocycles. The fraction of sp³-hybridized carbons (Fsp3) is 0.250. The van der Waals surface area contributed by atoms with E-state index in [4.69, 9.17) is 16.3 Å². The Labute approximate surface area is 127 Å². The molecule has 1 unspecified atom stereocenters. The fourth-order valence-corrected chi connectivity index (χ4v) is 3.40. The maximum Gasteiger partial charge on any atom is 0.119 e. The second-order valence-electron chi connectivity index (χ2n) is 4.59. The van der Waals surface area contributed by atoms with Crippen molar-refractivity contribution < 1.29 is 4.74 Å². The normalized spacial score (nSPS) is 12.3. The van der Waals surface area contributed by atoms with Crippen LogP contribution in [0.4, 0.5) is 0 Å². The molecular formula is C16H16BrClO. The van der Waals surface area contributed by atoms with E-state index < -0.39 is 0 Å². The van der Waals surface area contributed by atoms with Crippen molar-refractivity contribution in [3.8, 4) is 5.75 Å². The van der Waals surface area contributed by atoms with Crippen LogP contribution in [-0.2, 0) is 0 Å². The zero-order chi connectivity index (χ0) is 14.0. The van der Waals surface area contributed by atoms with E-state index in [2.05, 4.69) is 48.0 Å². The second-order valence-corrected chi connectivity index (χ2v) is 5.94. The van der Waals surface area contributed by atoms with E-state index in [9.17, 15) is 0 Å². The molecule has 100 valence electrons. The lowest BCUT2D eigenvalue weighted by molar-refractivity contribution is 0.414. The van der Waals surface area contributed by atoms with Crippen molar-refractivity contribution in [2.24, 2.45) is 0 Å². The summed E-state index contributed by atoms with van der Waals surface area (Å²) in [5.74, 6) is 0.883. The van der Waals surface area contributed by atoms with Gasteiger partial charge in [-0.25, -0.2) is 0 Å². The third-order valence-electron chi connectivity index (χ3n) is 3.25. The minimum Gasteiger partial charge on any atom is -0.497 e. The highest BCUT2D eigenvalue weighted by Gasteiger charge is 2.15. The van der Waals surface area contributed by atoms with Crippen LogP contribution in [0.15, 0.2) is 36.4 Å². The standard InChI is InChI=1S/C16H16BrClO/c1-10-8-12(18)4-6-14(10)16(17)15-7-5-13(19-3)9-11(15)2/h4-9,16H,1-3H3. The van der Waals surface area contributed by atoms with Gasteiger partial charge in [-0.2, -0.15) is 0 Å². The zero-order valence-electron chi connectivity index (χ0n) is 11.2. The molecule has 0 saturated carbocycles. The van der Waals surface area contributed by atoms with Gasteiger partial charge in [-0.1, -0.05) is 39.7 Å². The van der Waals surface area contributed by atoms with Crippen molar-refractivity contribution in [3.63, 3.8) is 0 Å². The molecule has 0 saturated heterocycles. The Bertz CT molecular complexity index is 595. The lowest BCUT2D eigenvalue weighted by Gasteiger charge is -2.17. The van der Waals surface area contributed by atoms with Crippen molar-refractivity contribution >= 4 is 27.5 Å². The van der Waals surface area contributed by atoms with Crippen LogP contribution in [0.2, 0.25) is 5.02 Å². The molecule has 2 rings (SSSR count). The predicted molar refractivity (Wildman–Crippen MR) is 84.7 cm³/mol. The summed E-state index contributed by atoms with van der Waals surface area (Å²) in [4.78, 5) is 0.163. The first kappa shape index (κ1) is 14.4. The molecule has 0 spiro atoms. The van der Waals surface area contributed by atoms with E-state index in [1.807, 2.05) is 18.2 Å². The molecule has 0 aliphatic rings. The lowest BCUT2D eigenvalue weighted by atomic mass is 9.97. The van der Waals surface area contributed by atoms with E-state index >= 15 is 0 Å². The van der Waals surface area contributed by atoms with Gasteiger partial charge < -0.3 is 4.74 Å². The number of hydrogen-bond acceptors (Lipinski definition) is 1. The Kier molecular flexibility index (Phi) is 4.54. The molecule has 3 heteroatoms. The van der Waals surface area contributed by atoms with Gasteiger partial charge in [0.25, 0.3) is 0 Å². The summed E-state index contributed by atoms with van der Waals surface area (Å²) >= 11 is 9.79. The van der Waals surface area contributed by atoms with E-state index in [-0.39, 0.29) is 4.83 Å². The Balaban J connectivity index is 2.41. The maximum atomic E-state index is 6.01. The van der Waals surface area contributed by atoms with Crippen molar-refractivity contribution in [1.82, 2.24) is 0 Å². The molecule has 0 N–H and O–H groups in total. The lowest BCUT2D eigenvalue weighted by Crippen LogP contribution is -1.99. The average Bonchev–Trinajstić information content (AvgIpc) is 2.37. The van der Waals surface area contributed by atoms with Crippen LogP contribution >= 0.6 is 27.5 Å². The molecule has 1 nitrogen and oxygen atoms in total. The molecule has 0 bridgehead atoms. The van der Waals surface area contributed by atoms with E-state index in [0.717, 1.165) is 10.8 Å². The van der Waals surface area contributed by atoms with E-state index in [0.29, 0.717) is 0 Å². The summed E-state index contributed by atoms with van der Waals surface area (Å²) in [7, 11) is 1.68. The van der Waals surface area contributed by atoms with Gasteiger partial charge in [-0.05, 0) is 60.4 Å². The number of alkyl halides is 1. The van der Waals surface area contributed by atoms with Crippen LogP contribution in [0.25, 0.3) is 0 Å². The number of aryl methyl sites for hydroxylation is 2. The van der Waals surface area contributed by atoms with Crippen LogP contribution in [0.5, 0.6) is 5.75 Å². The fourth-order valence-electron chi connectivity index (χ4n) is 2.15. The smallest absolute Gasteiger partial charge is 0.119 e. The molecule has 0 amide bonds. The van der Waals surface area contributed by atoms with Gasteiger partial charge in [0.15, 0.2) is 0 Å². The van der Waals surface area contributed by atoms with Crippen molar-refractivity contribution in [3.05, 3.63) is 63.7 Å². The van der Waals surface area contributed by atoms with Crippen molar-refractivity contribution in [2.45, 2.75) is 18.7 Å². The molecular weight excluding hydrogens is 324 g/mol. The van der Waals surface area contributed by atoms with Crippen LogP contribution in [0.1, 0.15) is 27.1 Å². The van der Waals surface area contributed by atoms with Crippen LogP contribution in [-0.4, -0.2) is 7.11 Å². The number of methoxy groups -OCH3 is 1. The quantitative estimate of drug-likeness (QED) is 0.676. The summed E-state index contributed by atoms with van der Waals surface area (Å²) in [6.45, 7) is 4.17. The third-order valence-corrected chi connectivity index (χ3v) is 4.48. The molecule has 19 heavy (non-hydrogen) atoms. The third kappa shape index (κ3) is 3.13. The molecule has 1 atom stereocenters. The Morgan fingerprint density at radius 2 is 1.58 bits per heavy atom. The second kappa shape index (κ2) is 5.98. The number of halogens is 2. The largest absolute Gasteiger partial charge is 0.497 e. The van der Waals surface area contributed by atoms with Crippen LogP contribution in [0, 0.1) is 13.8 Å². The Morgan fingerprint density at radius 3 is 2.11 bits per heavy atom. The van der Waals surface area contributed by atoms with Crippen LogP contribution < -0.4 is 4.74 Å². The van der Waals surface area contributed by atoms with Gasteiger partial charge in [0.1, 0.15) is 5.75 Å². The van der Waals surface area contributed by atoms with Gasteiger partial charge in [-0.15, -0.1) is 0 Å². The summed E-state index contributed by atoms with van der Waals surface area (Å²) in [5.41, 5.74) is 4.86. The Hall–Kier alpha value is -0.990. The molecule has 0 heterocycles. The summed E-state index contributed by atoms with van der Waals surface area (Å²) < 4.78 is 5.24. The molecule has 0 aliphatic carbocycles. The van der Waals surface area contributed by atoms with Gasteiger partial charge >= 0.3 is 0 Å². The number of hydrogen-bond donors (Lipinski definition) is 0. The molecule has 0 aromatic heterocycles. The molecule has 2 aromatic rings. The highest BCUT2D eigenvalue weighted by molar-refractivity contribution is 9.09. The molecule has 2 aromatic carbocycles. The van der Waals surface area contributed by atoms with Crippen molar-refractivity contribution in [2.75, 3.05) is 7.11 Å². The monoisotopic (exact) mass is 338 g/mol. The van der Waals surface area contributed by atoms with Gasteiger partial charge in [0.2, 0.25) is 0 Å². The van der Waals surface area contributed by atoms with Crippen molar-refractivity contribution in [1.29, 1.82) is 0 Å². The van der Waals surface area contributed by atoms with Gasteiger partial charge in [0, 0.05) is 5.02 Å². The summed E-state index contributed by atoms with van der Waals surface area (Å²) in [5, 5.41) is 0.771. The Morgan fingerprint density at radius 1 is 1.00 bits per heavy atom. The number of benzene rings is 2. The summed E-state index contributed by atoms with van der Waals surface area (Å²) in [6, 6.07) is 12.1. The SMILES string of the molecule is COc1ccc(C(Br)c2ccc(Cl)cc2C)c(C)c1. The average molecular weight is 340 g/mol. The highest BCUT2D eigenvalue weighted by Crippen LogP contribution is 2.36. The van der Waals surface area contributed by atoms with E-state index in [1.165, 1.54) is 22.3 Å². The zero-order valence-corrected chi connectivity index (χ0v) is 13.5. The first-order valence-electron chi connectivity index (χ1n) is 6.07. The maximum absolute atomic E-state index is 6.01. The number of rotatable bonds is 3. The van der Waals surface area contributed by atoms with Crippen LogP contribution in [0.3, 0.4) is 0 Å². The minimum atomic E-state index is 0.163. The first-order valence-corrected chi connectivity index (χ1v) is 7.37. The summed E-state index contributed by atoms with van der Waals surface area (Å²) in [6.07, 6.45) is 0. The topological polar surface area (TPSA) is 9.23 Å². The van der Waals surface area contributed by atoms with Gasteiger partial charge in [-0.3, -0.25) is 0 Å². The minimum absolute atomic E-state index is 0.163. The highest BCUT2D eigenvalue weighted by atomic mass is 79.9. The molecule has 0 radical (unpaired) electrons. The van der Waals surface area contributed by atoms with E-state index in [1.54, 1.807) is 7.11 Å². The van der Waals surface area contributed by atoms with Gasteiger partial charge in [0.05, 0.1) is 11.9 Å². The predicted octanol–water partition coefficient (Wildman–Crippen LogP) is 5.45. The number of ether oxygens (including phenoxy) is 1.